The first-order valence-electron chi connectivity index (χ1n) is 6.16. The Hall–Kier alpha value is -0.370. The summed E-state index contributed by atoms with van der Waals surface area (Å²) in [4.78, 5) is 13.3. The Morgan fingerprint density at radius 3 is 2.33 bits per heavy atom. The Bertz CT molecular complexity index is 219. The van der Waals surface area contributed by atoms with E-state index >= 15 is 0 Å². The second-order valence-corrected chi connectivity index (χ2v) is 5.77. The van der Waals surface area contributed by atoms with Gasteiger partial charge in [0.05, 0.1) is 0 Å². The maximum Gasteiger partial charge on any atom is 0.126 e. The molecule has 2 heteroatoms. The highest BCUT2D eigenvalue weighted by molar-refractivity contribution is 5.58. The lowest BCUT2D eigenvalue weighted by atomic mass is 9.82. The molecule has 15 heavy (non-hydrogen) atoms. The van der Waals surface area contributed by atoms with Gasteiger partial charge in [0, 0.05) is 18.5 Å². The van der Waals surface area contributed by atoms with Gasteiger partial charge in [-0.3, -0.25) is 0 Å². The fraction of sp³-hybridized carbons (Fsp3) is 0.923. The third kappa shape index (κ3) is 3.04. The molecule has 0 saturated carbocycles. The molecule has 88 valence electrons. The molecule has 0 N–H and O–H groups in total. The predicted octanol–water partition coefficient (Wildman–Crippen LogP) is 2.72. The SMILES string of the molecule is CCC1(CC)CCN(CC(C)(C)C=O)C1. The van der Waals surface area contributed by atoms with E-state index in [-0.39, 0.29) is 5.41 Å². The molecule has 1 heterocycles. The molecular formula is C13H25NO. The third-order valence-electron chi connectivity index (χ3n) is 3.97. The van der Waals surface area contributed by atoms with Crippen LogP contribution in [-0.4, -0.2) is 30.8 Å². The van der Waals surface area contributed by atoms with Crippen LogP contribution in [0.2, 0.25) is 0 Å². The van der Waals surface area contributed by atoms with Crippen molar-refractivity contribution in [3.05, 3.63) is 0 Å². The maximum atomic E-state index is 10.9. The smallest absolute Gasteiger partial charge is 0.126 e. The van der Waals surface area contributed by atoms with E-state index in [0.29, 0.717) is 5.41 Å². The first-order valence-corrected chi connectivity index (χ1v) is 6.16. The van der Waals surface area contributed by atoms with E-state index in [1.165, 1.54) is 32.4 Å². The number of carbonyl (C=O) groups is 1. The summed E-state index contributed by atoms with van der Waals surface area (Å²) in [6, 6.07) is 0. The number of likely N-dealkylation sites (tertiary alicyclic amines) is 1. The average Bonchev–Trinajstić information content (AvgIpc) is 2.62. The van der Waals surface area contributed by atoms with Gasteiger partial charge >= 0.3 is 0 Å². The molecule has 0 aromatic heterocycles. The Balaban J connectivity index is 2.53. The molecule has 1 aliphatic heterocycles. The van der Waals surface area contributed by atoms with E-state index in [1.54, 1.807) is 0 Å². The van der Waals surface area contributed by atoms with Gasteiger partial charge in [-0.05, 0) is 31.2 Å². The summed E-state index contributed by atoms with van der Waals surface area (Å²) in [5.41, 5.74) is 0.344. The van der Waals surface area contributed by atoms with Crippen LogP contribution in [0.25, 0.3) is 0 Å². The molecule has 1 fully saturated rings. The van der Waals surface area contributed by atoms with Gasteiger partial charge in [-0.2, -0.15) is 0 Å². The van der Waals surface area contributed by atoms with Gasteiger partial charge in [0.25, 0.3) is 0 Å². The van der Waals surface area contributed by atoms with Crippen LogP contribution in [0, 0.1) is 10.8 Å². The van der Waals surface area contributed by atoms with Crippen LogP contribution < -0.4 is 0 Å². The first-order chi connectivity index (χ1) is 6.97. The van der Waals surface area contributed by atoms with E-state index in [1.807, 2.05) is 13.8 Å². The Morgan fingerprint density at radius 2 is 1.93 bits per heavy atom. The molecule has 0 amide bonds. The molecular weight excluding hydrogens is 186 g/mol. The van der Waals surface area contributed by atoms with Gasteiger partial charge < -0.3 is 9.69 Å². The van der Waals surface area contributed by atoms with Crippen molar-refractivity contribution in [2.24, 2.45) is 10.8 Å². The monoisotopic (exact) mass is 211 g/mol. The van der Waals surface area contributed by atoms with Crippen molar-refractivity contribution in [2.75, 3.05) is 19.6 Å². The zero-order valence-corrected chi connectivity index (χ0v) is 10.7. The molecule has 0 unspecified atom stereocenters. The lowest BCUT2D eigenvalue weighted by molar-refractivity contribution is -0.115. The number of rotatable bonds is 5. The summed E-state index contributed by atoms with van der Waals surface area (Å²) in [5.74, 6) is 0. The molecule has 0 bridgehead atoms. The van der Waals surface area contributed by atoms with Gasteiger partial charge in [0.2, 0.25) is 0 Å². The molecule has 0 radical (unpaired) electrons. The van der Waals surface area contributed by atoms with Gasteiger partial charge in [0.1, 0.15) is 6.29 Å². The second-order valence-electron chi connectivity index (χ2n) is 5.77. The standard InChI is InChI=1S/C13H25NO/c1-5-13(6-2)7-8-14(10-13)9-12(3,4)11-15/h11H,5-10H2,1-4H3. The normalized spacial score (nSPS) is 21.9. The zero-order valence-electron chi connectivity index (χ0n) is 10.7. The number of carbonyl (C=O) groups excluding carboxylic acids is 1. The van der Waals surface area contributed by atoms with E-state index in [9.17, 15) is 4.79 Å². The van der Waals surface area contributed by atoms with Crippen molar-refractivity contribution in [2.45, 2.75) is 47.0 Å². The van der Waals surface area contributed by atoms with Gasteiger partial charge in [0.15, 0.2) is 0 Å². The number of hydrogen-bond donors (Lipinski definition) is 0. The molecule has 1 rings (SSSR count). The minimum absolute atomic E-state index is 0.183. The van der Waals surface area contributed by atoms with Crippen LogP contribution >= 0.6 is 0 Å². The van der Waals surface area contributed by atoms with Gasteiger partial charge in [-0.15, -0.1) is 0 Å². The minimum Gasteiger partial charge on any atom is -0.303 e. The lowest BCUT2D eigenvalue weighted by Gasteiger charge is -2.29. The molecule has 2 nitrogen and oxygen atoms in total. The van der Waals surface area contributed by atoms with Crippen molar-refractivity contribution >= 4 is 6.29 Å². The molecule has 0 spiro atoms. The van der Waals surface area contributed by atoms with E-state index in [0.717, 1.165) is 12.8 Å². The molecule has 0 aromatic carbocycles. The van der Waals surface area contributed by atoms with Crippen LogP contribution in [0.5, 0.6) is 0 Å². The quantitative estimate of drug-likeness (QED) is 0.652. The van der Waals surface area contributed by atoms with Crippen LogP contribution in [0.15, 0.2) is 0 Å². The average molecular weight is 211 g/mol. The highest BCUT2D eigenvalue weighted by Crippen LogP contribution is 2.37. The Kier molecular flexibility index (Phi) is 3.93. The van der Waals surface area contributed by atoms with Crippen LogP contribution in [0.3, 0.4) is 0 Å². The third-order valence-corrected chi connectivity index (χ3v) is 3.97. The summed E-state index contributed by atoms with van der Waals surface area (Å²) in [7, 11) is 0. The number of nitrogens with zero attached hydrogens (tertiary/aromatic N) is 1. The first kappa shape index (κ1) is 12.7. The van der Waals surface area contributed by atoms with Crippen LogP contribution in [0.1, 0.15) is 47.0 Å². The largest absolute Gasteiger partial charge is 0.303 e. The fourth-order valence-corrected chi connectivity index (χ4v) is 2.60. The Morgan fingerprint density at radius 1 is 1.33 bits per heavy atom. The highest BCUT2D eigenvalue weighted by atomic mass is 16.1. The van der Waals surface area contributed by atoms with Crippen molar-refractivity contribution < 1.29 is 4.79 Å². The van der Waals surface area contributed by atoms with E-state index < -0.39 is 0 Å². The number of hydrogen-bond acceptors (Lipinski definition) is 2. The predicted molar refractivity (Wildman–Crippen MR) is 63.9 cm³/mol. The summed E-state index contributed by atoms with van der Waals surface area (Å²) in [6.07, 6.45) is 4.92. The van der Waals surface area contributed by atoms with Crippen molar-refractivity contribution in [1.82, 2.24) is 4.90 Å². The maximum absolute atomic E-state index is 10.9. The molecule has 0 aromatic rings. The Labute approximate surface area is 94.0 Å². The topological polar surface area (TPSA) is 20.3 Å². The molecule has 0 aliphatic carbocycles. The van der Waals surface area contributed by atoms with Gasteiger partial charge in [-0.1, -0.05) is 27.7 Å². The summed E-state index contributed by atoms with van der Waals surface area (Å²) >= 11 is 0. The molecule has 1 saturated heterocycles. The zero-order chi connectivity index (χ0) is 11.5. The molecule has 1 aliphatic rings. The van der Waals surface area contributed by atoms with E-state index in [4.69, 9.17) is 0 Å². The van der Waals surface area contributed by atoms with E-state index in [2.05, 4.69) is 18.7 Å². The molecule has 0 atom stereocenters. The fourth-order valence-electron chi connectivity index (χ4n) is 2.60. The summed E-state index contributed by atoms with van der Waals surface area (Å²) < 4.78 is 0. The van der Waals surface area contributed by atoms with Crippen LogP contribution in [0.4, 0.5) is 0 Å². The van der Waals surface area contributed by atoms with Crippen molar-refractivity contribution in [3.8, 4) is 0 Å². The second kappa shape index (κ2) is 4.65. The minimum atomic E-state index is -0.183. The van der Waals surface area contributed by atoms with Crippen molar-refractivity contribution in [3.63, 3.8) is 0 Å². The lowest BCUT2D eigenvalue weighted by Crippen LogP contribution is -2.35. The number of aldehydes is 1. The van der Waals surface area contributed by atoms with Crippen molar-refractivity contribution in [1.29, 1.82) is 0 Å². The van der Waals surface area contributed by atoms with Crippen LogP contribution in [-0.2, 0) is 4.79 Å². The summed E-state index contributed by atoms with van der Waals surface area (Å²) in [5, 5.41) is 0. The highest BCUT2D eigenvalue weighted by Gasteiger charge is 2.36. The van der Waals surface area contributed by atoms with Gasteiger partial charge in [-0.25, -0.2) is 0 Å². The summed E-state index contributed by atoms with van der Waals surface area (Å²) in [6.45, 7) is 11.9.